The molecule has 0 radical (unpaired) electrons. The molecule has 1 saturated heterocycles. The maximum Gasteiger partial charge on any atom is 0.335 e. The lowest BCUT2D eigenvalue weighted by atomic mass is 10.1. The van der Waals surface area contributed by atoms with Crippen LogP contribution in [0.4, 0.5) is 10.5 Å². The van der Waals surface area contributed by atoms with Crippen LogP contribution in [0.15, 0.2) is 54.1 Å². The van der Waals surface area contributed by atoms with Gasteiger partial charge in [0.15, 0.2) is 0 Å². The quantitative estimate of drug-likeness (QED) is 0.369. The molecular formula is C20H15ClN2O5. The molecule has 0 unspecified atom stereocenters. The Morgan fingerprint density at radius 1 is 1.11 bits per heavy atom. The SMILES string of the molecule is CCC(=O)Oc1ccccc1/C=C1/C(=O)NC(=O)N(c2ccc(Cl)cc2)C1=O. The van der Waals surface area contributed by atoms with E-state index < -0.39 is 23.8 Å². The molecule has 0 spiro atoms. The van der Waals surface area contributed by atoms with Crippen molar-refractivity contribution in [1.82, 2.24) is 5.32 Å². The summed E-state index contributed by atoms with van der Waals surface area (Å²) in [5.41, 5.74) is 0.346. The molecule has 0 bridgehead atoms. The van der Waals surface area contributed by atoms with Gasteiger partial charge in [-0.1, -0.05) is 36.7 Å². The largest absolute Gasteiger partial charge is 0.426 e. The van der Waals surface area contributed by atoms with Gasteiger partial charge in [-0.25, -0.2) is 9.69 Å². The van der Waals surface area contributed by atoms with Crippen molar-refractivity contribution in [2.75, 3.05) is 4.90 Å². The van der Waals surface area contributed by atoms with E-state index in [1.54, 1.807) is 31.2 Å². The van der Waals surface area contributed by atoms with Crippen molar-refractivity contribution in [3.8, 4) is 5.75 Å². The summed E-state index contributed by atoms with van der Waals surface area (Å²) >= 11 is 5.84. The van der Waals surface area contributed by atoms with Crippen LogP contribution in [0.5, 0.6) is 5.75 Å². The molecule has 2 aromatic rings. The molecule has 7 nitrogen and oxygen atoms in total. The number of hydrogen-bond donors (Lipinski definition) is 1. The van der Waals surface area contributed by atoms with Crippen LogP contribution in [0.1, 0.15) is 18.9 Å². The Balaban J connectivity index is 2.00. The molecule has 1 fully saturated rings. The number of barbiturate groups is 1. The number of carbonyl (C=O) groups excluding carboxylic acids is 4. The zero-order chi connectivity index (χ0) is 20.3. The molecule has 0 saturated carbocycles. The summed E-state index contributed by atoms with van der Waals surface area (Å²) in [6.45, 7) is 1.65. The summed E-state index contributed by atoms with van der Waals surface area (Å²) < 4.78 is 5.23. The molecular weight excluding hydrogens is 384 g/mol. The van der Waals surface area contributed by atoms with Gasteiger partial charge in [-0.2, -0.15) is 0 Å². The fourth-order valence-electron chi connectivity index (χ4n) is 2.53. The molecule has 1 aliphatic rings. The second-order valence-corrected chi connectivity index (χ2v) is 6.24. The standard InChI is InChI=1S/C20H15ClN2O5/c1-2-17(24)28-16-6-4-3-5-12(16)11-15-18(25)22-20(27)23(19(15)26)14-9-7-13(21)8-10-14/h3-11H,2H2,1H3,(H,22,25,27)/b15-11-. The van der Waals surface area contributed by atoms with E-state index in [2.05, 4.69) is 5.32 Å². The Bertz CT molecular complexity index is 998. The van der Waals surface area contributed by atoms with Gasteiger partial charge in [-0.3, -0.25) is 19.7 Å². The number of anilines is 1. The summed E-state index contributed by atoms with van der Waals surface area (Å²) in [7, 11) is 0. The van der Waals surface area contributed by atoms with Crippen molar-refractivity contribution in [2.45, 2.75) is 13.3 Å². The number of nitrogens with zero attached hydrogens (tertiary/aromatic N) is 1. The second kappa shape index (κ2) is 8.06. The van der Waals surface area contributed by atoms with Gasteiger partial charge in [-0.05, 0) is 36.4 Å². The molecule has 0 atom stereocenters. The van der Waals surface area contributed by atoms with Crippen LogP contribution in [0, 0.1) is 0 Å². The number of imide groups is 2. The van der Waals surface area contributed by atoms with Crippen molar-refractivity contribution in [1.29, 1.82) is 0 Å². The van der Waals surface area contributed by atoms with Crippen molar-refractivity contribution in [3.05, 3.63) is 64.7 Å². The number of ether oxygens (including phenoxy) is 1. The van der Waals surface area contributed by atoms with Crippen LogP contribution in [0.2, 0.25) is 5.02 Å². The Hall–Kier alpha value is -3.45. The highest BCUT2D eigenvalue weighted by molar-refractivity contribution is 6.39. The smallest absolute Gasteiger partial charge is 0.335 e. The number of esters is 1. The minimum Gasteiger partial charge on any atom is -0.426 e. The lowest BCUT2D eigenvalue weighted by Gasteiger charge is -2.26. The Labute approximate surface area is 165 Å². The summed E-state index contributed by atoms with van der Waals surface area (Å²) in [6.07, 6.45) is 1.45. The highest BCUT2D eigenvalue weighted by atomic mass is 35.5. The highest BCUT2D eigenvalue weighted by Gasteiger charge is 2.36. The van der Waals surface area contributed by atoms with Gasteiger partial charge in [0.25, 0.3) is 11.8 Å². The predicted molar refractivity (Wildman–Crippen MR) is 103 cm³/mol. The maximum absolute atomic E-state index is 12.9. The van der Waals surface area contributed by atoms with Crippen LogP contribution >= 0.6 is 11.6 Å². The van der Waals surface area contributed by atoms with Crippen molar-refractivity contribution in [2.24, 2.45) is 0 Å². The third-order valence-electron chi connectivity index (χ3n) is 3.92. The van der Waals surface area contributed by atoms with E-state index in [0.717, 1.165) is 4.90 Å². The summed E-state index contributed by atoms with van der Waals surface area (Å²) in [5.74, 6) is -1.88. The van der Waals surface area contributed by atoms with E-state index in [-0.39, 0.29) is 23.4 Å². The molecule has 2 aromatic carbocycles. The summed E-state index contributed by atoms with van der Waals surface area (Å²) in [6, 6.07) is 11.6. The van der Waals surface area contributed by atoms with E-state index in [1.807, 2.05) is 0 Å². The fourth-order valence-corrected chi connectivity index (χ4v) is 2.65. The molecule has 28 heavy (non-hydrogen) atoms. The number of carbonyl (C=O) groups is 4. The van der Waals surface area contributed by atoms with Gasteiger partial charge in [0.2, 0.25) is 0 Å². The minimum absolute atomic E-state index is 0.170. The van der Waals surface area contributed by atoms with Crippen molar-refractivity contribution in [3.63, 3.8) is 0 Å². The zero-order valence-electron chi connectivity index (χ0n) is 14.8. The first-order valence-corrected chi connectivity index (χ1v) is 8.75. The predicted octanol–water partition coefficient (Wildman–Crippen LogP) is 3.32. The third kappa shape index (κ3) is 3.94. The van der Waals surface area contributed by atoms with Crippen LogP contribution in [-0.4, -0.2) is 23.8 Å². The minimum atomic E-state index is -0.861. The monoisotopic (exact) mass is 398 g/mol. The molecule has 1 aliphatic heterocycles. The van der Waals surface area contributed by atoms with Crippen LogP contribution in [0.25, 0.3) is 6.08 Å². The Morgan fingerprint density at radius 2 is 1.79 bits per heavy atom. The molecule has 4 amide bonds. The van der Waals surface area contributed by atoms with Crippen LogP contribution < -0.4 is 15.0 Å². The van der Waals surface area contributed by atoms with Crippen LogP contribution in [-0.2, 0) is 14.4 Å². The van der Waals surface area contributed by atoms with Gasteiger partial charge < -0.3 is 4.74 Å². The van der Waals surface area contributed by atoms with Gasteiger partial charge in [0.05, 0.1) is 5.69 Å². The number of urea groups is 1. The van der Waals surface area contributed by atoms with Gasteiger partial charge in [0.1, 0.15) is 11.3 Å². The number of hydrogen-bond acceptors (Lipinski definition) is 5. The van der Waals surface area contributed by atoms with Crippen LogP contribution in [0.3, 0.4) is 0 Å². The highest BCUT2D eigenvalue weighted by Crippen LogP contribution is 2.26. The number of amides is 4. The average molecular weight is 399 g/mol. The first-order chi connectivity index (χ1) is 13.4. The van der Waals surface area contributed by atoms with Crippen molar-refractivity contribution >= 4 is 47.2 Å². The molecule has 3 rings (SSSR count). The average Bonchev–Trinajstić information content (AvgIpc) is 2.67. The normalized spacial score (nSPS) is 15.6. The molecule has 8 heteroatoms. The Kier molecular flexibility index (Phi) is 5.56. The lowest BCUT2D eigenvalue weighted by molar-refractivity contribution is -0.134. The first-order valence-electron chi connectivity index (χ1n) is 8.37. The van der Waals surface area contributed by atoms with Gasteiger partial charge in [0, 0.05) is 17.0 Å². The molecule has 142 valence electrons. The van der Waals surface area contributed by atoms with Gasteiger partial charge >= 0.3 is 12.0 Å². The van der Waals surface area contributed by atoms with Gasteiger partial charge in [-0.15, -0.1) is 0 Å². The number of rotatable bonds is 4. The van der Waals surface area contributed by atoms with E-state index in [9.17, 15) is 19.2 Å². The maximum atomic E-state index is 12.9. The molecule has 0 aromatic heterocycles. The van der Waals surface area contributed by atoms with Crippen molar-refractivity contribution < 1.29 is 23.9 Å². The third-order valence-corrected chi connectivity index (χ3v) is 4.17. The first kappa shape index (κ1) is 19.3. The topological polar surface area (TPSA) is 92.8 Å². The number of para-hydroxylation sites is 1. The molecule has 0 aliphatic carbocycles. The van der Waals surface area contributed by atoms with E-state index in [4.69, 9.17) is 16.3 Å². The summed E-state index contributed by atoms with van der Waals surface area (Å²) in [4.78, 5) is 49.8. The molecule has 1 heterocycles. The fraction of sp³-hybridized carbons (Fsp3) is 0.100. The van der Waals surface area contributed by atoms with E-state index in [1.165, 1.54) is 30.3 Å². The van der Waals surface area contributed by atoms with E-state index >= 15 is 0 Å². The number of nitrogens with one attached hydrogen (secondary N) is 1. The van der Waals surface area contributed by atoms with E-state index in [0.29, 0.717) is 10.6 Å². The lowest BCUT2D eigenvalue weighted by Crippen LogP contribution is -2.54. The second-order valence-electron chi connectivity index (χ2n) is 5.80. The summed E-state index contributed by atoms with van der Waals surface area (Å²) in [5, 5.41) is 2.57. The number of benzene rings is 2. The Morgan fingerprint density at radius 3 is 2.46 bits per heavy atom. The number of halogens is 1. The molecule has 1 N–H and O–H groups in total. The zero-order valence-corrected chi connectivity index (χ0v) is 15.5.